The number of nitrogens with zero attached hydrogens (tertiary/aromatic N) is 2. The number of halogens is 1. The summed E-state index contributed by atoms with van der Waals surface area (Å²) >= 11 is 1.32. The smallest absolute Gasteiger partial charge is 0.147 e. The standard InChI is InChI=1S/C14H19FN4S/c1-2-11(16)8-12(17)14-18-13(19-20-14)7-9-3-5-10(15)6-4-9/h3-6,11-12H,2,7-8,16-17H2,1H3. The first-order chi connectivity index (χ1) is 9.58. The maximum absolute atomic E-state index is 12.8. The fraction of sp³-hybridized carbons (Fsp3) is 0.429. The molecule has 0 radical (unpaired) electrons. The van der Waals surface area contributed by atoms with Crippen LogP contribution in [-0.2, 0) is 6.42 Å². The van der Waals surface area contributed by atoms with Crippen LogP contribution in [0.4, 0.5) is 4.39 Å². The molecule has 0 fully saturated rings. The second-order valence-electron chi connectivity index (χ2n) is 4.86. The van der Waals surface area contributed by atoms with Crippen molar-refractivity contribution in [2.45, 2.75) is 38.3 Å². The average molecular weight is 294 g/mol. The zero-order valence-electron chi connectivity index (χ0n) is 11.4. The Hall–Kier alpha value is -1.37. The van der Waals surface area contributed by atoms with Gasteiger partial charge in [0, 0.05) is 12.5 Å². The molecule has 2 aromatic rings. The predicted octanol–water partition coefficient (Wildman–Crippen LogP) is 2.40. The molecule has 0 aliphatic rings. The van der Waals surface area contributed by atoms with E-state index in [1.54, 1.807) is 12.1 Å². The van der Waals surface area contributed by atoms with E-state index in [2.05, 4.69) is 9.36 Å². The van der Waals surface area contributed by atoms with Gasteiger partial charge >= 0.3 is 0 Å². The van der Waals surface area contributed by atoms with E-state index in [0.717, 1.165) is 22.8 Å². The lowest BCUT2D eigenvalue weighted by Crippen LogP contribution is -2.25. The van der Waals surface area contributed by atoms with Crippen molar-refractivity contribution in [3.8, 4) is 0 Å². The first-order valence-corrected chi connectivity index (χ1v) is 7.44. The lowest BCUT2D eigenvalue weighted by Gasteiger charge is -2.12. The van der Waals surface area contributed by atoms with Gasteiger partial charge in [0.05, 0.1) is 6.04 Å². The van der Waals surface area contributed by atoms with E-state index < -0.39 is 0 Å². The topological polar surface area (TPSA) is 77.8 Å². The van der Waals surface area contributed by atoms with E-state index in [-0.39, 0.29) is 17.9 Å². The Morgan fingerprint density at radius 2 is 1.95 bits per heavy atom. The molecule has 2 unspecified atom stereocenters. The molecule has 1 aromatic carbocycles. The van der Waals surface area contributed by atoms with Crippen molar-refractivity contribution in [3.63, 3.8) is 0 Å². The molecule has 0 saturated carbocycles. The number of hydrogen-bond acceptors (Lipinski definition) is 5. The van der Waals surface area contributed by atoms with E-state index in [4.69, 9.17) is 11.5 Å². The highest BCUT2D eigenvalue weighted by atomic mass is 32.1. The predicted molar refractivity (Wildman–Crippen MR) is 78.9 cm³/mol. The van der Waals surface area contributed by atoms with Crippen molar-refractivity contribution in [3.05, 3.63) is 46.5 Å². The summed E-state index contributed by atoms with van der Waals surface area (Å²) in [5, 5.41) is 0.811. The Morgan fingerprint density at radius 1 is 1.25 bits per heavy atom. The van der Waals surface area contributed by atoms with Gasteiger partial charge in [-0.2, -0.15) is 4.37 Å². The van der Waals surface area contributed by atoms with Crippen molar-refractivity contribution in [2.75, 3.05) is 0 Å². The molecular weight excluding hydrogens is 275 g/mol. The summed E-state index contributed by atoms with van der Waals surface area (Å²) in [6.07, 6.45) is 2.19. The van der Waals surface area contributed by atoms with Gasteiger partial charge in [0.25, 0.3) is 0 Å². The van der Waals surface area contributed by atoms with Crippen LogP contribution in [0, 0.1) is 5.82 Å². The zero-order chi connectivity index (χ0) is 14.5. The van der Waals surface area contributed by atoms with Gasteiger partial charge in [-0.1, -0.05) is 19.1 Å². The number of benzene rings is 1. The molecule has 1 aromatic heterocycles. The minimum absolute atomic E-state index is 0.0921. The quantitative estimate of drug-likeness (QED) is 0.857. The highest BCUT2D eigenvalue weighted by Gasteiger charge is 2.15. The van der Waals surface area contributed by atoms with Gasteiger partial charge in [0.15, 0.2) is 0 Å². The summed E-state index contributed by atoms with van der Waals surface area (Å²) in [5.74, 6) is 0.480. The molecule has 108 valence electrons. The summed E-state index contributed by atoms with van der Waals surface area (Å²) in [7, 11) is 0. The first kappa shape index (κ1) is 15.0. The van der Waals surface area contributed by atoms with Crippen LogP contribution in [0.15, 0.2) is 24.3 Å². The van der Waals surface area contributed by atoms with Crippen LogP contribution in [0.25, 0.3) is 0 Å². The van der Waals surface area contributed by atoms with Crippen LogP contribution >= 0.6 is 11.5 Å². The summed E-state index contributed by atoms with van der Waals surface area (Å²) < 4.78 is 17.1. The minimum atomic E-state index is -0.240. The zero-order valence-corrected chi connectivity index (χ0v) is 12.2. The Kier molecular flexibility index (Phi) is 5.17. The largest absolute Gasteiger partial charge is 0.328 e. The molecule has 4 N–H and O–H groups in total. The third-order valence-corrected chi connectivity index (χ3v) is 4.04. The molecule has 2 rings (SSSR count). The van der Waals surface area contributed by atoms with Gasteiger partial charge in [0.1, 0.15) is 16.6 Å². The van der Waals surface area contributed by atoms with Gasteiger partial charge in [-0.3, -0.25) is 0 Å². The van der Waals surface area contributed by atoms with E-state index >= 15 is 0 Å². The SMILES string of the molecule is CCC(N)CC(N)c1nc(Cc2ccc(F)cc2)ns1. The van der Waals surface area contributed by atoms with Crippen LogP contribution in [0.3, 0.4) is 0 Å². The van der Waals surface area contributed by atoms with Crippen molar-refractivity contribution in [1.29, 1.82) is 0 Å². The average Bonchev–Trinajstić information content (AvgIpc) is 2.90. The molecule has 0 saturated heterocycles. The summed E-state index contributed by atoms with van der Waals surface area (Å²) in [5.41, 5.74) is 13.0. The van der Waals surface area contributed by atoms with Crippen LogP contribution < -0.4 is 11.5 Å². The molecule has 0 amide bonds. The monoisotopic (exact) mass is 294 g/mol. The molecule has 6 heteroatoms. The number of rotatable bonds is 6. The summed E-state index contributed by atoms with van der Waals surface area (Å²) in [6, 6.07) is 6.29. The van der Waals surface area contributed by atoms with Crippen molar-refractivity contribution >= 4 is 11.5 Å². The molecular formula is C14H19FN4S. The van der Waals surface area contributed by atoms with Crippen molar-refractivity contribution < 1.29 is 4.39 Å². The normalized spacial score (nSPS) is 14.2. The van der Waals surface area contributed by atoms with Crippen LogP contribution in [-0.4, -0.2) is 15.4 Å². The second-order valence-corrected chi connectivity index (χ2v) is 5.65. The third-order valence-electron chi connectivity index (χ3n) is 3.16. The molecule has 0 aliphatic heterocycles. The van der Waals surface area contributed by atoms with Gasteiger partial charge in [-0.15, -0.1) is 0 Å². The molecule has 1 heterocycles. The molecule has 0 spiro atoms. The fourth-order valence-electron chi connectivity index (χ4n) is 1.87. The lowest BCUT2D eigenvalue weighted by atomic mass is 10.1. The summed E-state index contributed by atoms with van der Waals surface area (Å²) in [6.45, 7) is 2.04. The third kappa shape index (κ3) is 4.06. The Morgan fingerprint density at radius 3 is 2.60 bits per heavy atom. The summed E-state index contributed by atoms with van der Waals surface area (Å²) in [4.78, 5) is 4.45. The number of hydrogen-bond donors (Lipinski definition) is 2. The molecule has 2 atom stereocenters. The first-order valence-electron chi connectivity index (χ1n) is 6.66. The molecule has 0 aliphatic carbocycles. The Bertz CT molecular complexity index is 540. The Labute approximate surface area is 122 Å². The lowest BCUT2D eigenvalue weighted by molar-refractivity contribution is 0.523. The van der Waals surface area contributed by atoms with Gasteiger partial charge in [-0.25, -0.2) is 9.37 Å². The van der Waals surface area contributed by atoms with Crippen molar-refractivity contribution in [1.82, 2.24) is 9.36 Å². The number of aromatic nitrogens is 2. The molecule has 0 bridgehead atoms. The minimum Gasteiger partial charge on any atom is -0.328 e. The Balaban J connectivity index is 1.99. The van der Waals surface area contributed by atoms with Crippen molar-refractivity contribution in [2.24, 2.45) is 11.5 Å². The van der Waals surface area contributed by atoms with Crippen LogP contribution in [0.2, 0.25) is 0 Å². The number of nitrogens with two attached hydrogens (primary N) is 2. The van der Waals surface area contributed by atoms with E-state index in [1.807, 2.05) is 6.92 Å². The van der Waals surface area contributed by atoms with E-state index in [1.165, 1.54) is 23.7 Å². The maximum Gasteiger partial charge on any atom is 0.147 e. The van der Waals surface area contributed by atoms with Gasteiger partial charge < -0.3 is 11.5 Å². The van der Waals surface area contributed by atoms with Crippen LogP contribution in [0.5, 0.6) is 0 Å². The highest BCUT2D eigenvalue weighted by Crippen LogP contribution is 2.19. The maximum atomic E-state index is 12.8. The van der Waals surface area contributed by atoms with Gasteiger partial charge in [-0.05, 0) is 42.1 Å². The molecule has 4 nitrogen and oxygen atoms in total. The van der Waals surface area contributed by atoms with E-state index in [9.17, 15) is 4.39 Å². The van der Waals surface area contributed by atoms with Crippen LogP contribution in [0.1, 0.15) is 42.2 Å². The van der Waals surface area contributed by atoms with Gasteiger partial charge in [0.2, 0.25) is 0 Å². The van der Waals surface area contributed by atoms with E-state index in [0.29, 0.717) is 12.8 Å². The second kappa shape index (κ2) is 6.88. The fourth-order valence-corrected chi connectivity index (χ4v) is 2.55. The molecule has 20 heavy (non-hydrogen) atoms. The highest BCUT2D eigenvalue weighted by molar-refractivity contribution is 7.05.